The summed E-state index contributed by atoms with van der Waals surface area (Å²) in [6, 6.07) is 3.52. The van der Waals surface area contributed by atoms with Gasteiger partial charge in [0.1, 0.15) is 0 Å². The maximum atomic E-state index is 9.01. The van der Waals surface area contributed by atoms with E-state index in [1.165, 1.54) is 0 Å². The molecule has 0 aliphatic rings. The molecule has 0 unspecified atom stereocenters. The molecule has 0 aliphatic heterocycles. The molecular weight excluding hydrogens is 250 g/mol. The first-order valence-electron chi connectivity index (χ1n) is 6.02. The van der Waals surface area contributed by atoms with Gasteiger partial charge in [0, 0.05) is 20.2 Å². The normalized spacial score (nSPS) is 11.3. The van der Waals surface area contributed by atoms with E-state index in [0.29, 0.717) is 43.8 Å². The Labute approximate surface area is 110 Å². The van der Waals surface area contributed by atoms with Crippen molar-refractivity contribution in [2.45, 2.75) is 6.54 Å². The summed E-state index contributed by atoms with van der Waals surface area (Å²) in [5.41, 5.74) is 0. The molecule has 1 N–H and O–H groups in total. The van der Waals surface area contributed by atoms with E-state index in [1.54, 1.807) is 25.5 Å². The summed E-state index contributed by atoms with van der Waals surface area (Å²) in [6.07, 6.45) is 1.55. The van der Waals surface area contributed by atoms with Gasteiger partial charge in [-0.25, -0.2) is 0 Å². The molecule has 0 atom stereocenters. The molecule has 0 fully saturated rings. The number of nitrogens with zero attached hydrogens (tertiary/aromatic N) is 3. The van der Waals surface area contributed by atoms with Gasteiger partial charge in [-0.2, -0.15) is 0 Å². The number of rotatable bonds is 8. The molecule has 2 rings (SSSR count). The largest absolute Gasteiger partial charge is 0.459 e. The van der Waals surface area contributed by atoms with Crippen molar-refractivity contribution in [1.29, 1.82) is 0 Å². The lowest BCUT2D eigenvalue weighted by Crippen LogP contribution is -2.30. The van der Waals surface area contributed by atoms with Crippen LogP contribution in [0.2, 0.25) is 0 Å². The lowest BCUT2D eigenvalue weighted by atomic mass is 10.4. The molecule has 0 spiro atoms. The molecule has 0 aromatic carbocycles. The van der Waals surface area contributed by atoms with Crippen molar-refractivity contribution < 1.29 is 18.7 Å². The molecule has 7 heteroatoms. The lowest BCUT2D eigenvalue weighted by Gasteiger charge is -2.18. The minimum atomic E-state index is 0.0723. The van der Waals surface area contributed by atoms with Crippen LogP contribution in [-0.2, 0) is 11.3 Å². The van der Waals surface area contributed by atoms with Crippen LogP contribution in [0, 0.1) is 0 Å². The van der Waals surface area contributed by atoms with Crippen molar-refractivity contribution in [3.63, 3.8) is 0 Å². The average Bonchev–Trinajstić information content (AvgIpc) is 3.06. The predicted octanol–water partition coefficient (Wildman–Crippen LogP) is 0.770. The molecule has 0 amide bonds. The van der Waals surface area contributed by atoms with E-state index >= 15 is 0 Å². The third-order valence-electron chi connectivity index (χ3n) is 2.59. The van der Waals surface area contributed by atoms with Crippen LogP contribution in [0.5, 0.6) is 0 Å². The first kappa shape index (κ1) is 13.7. The van der Waals surface area contributed by atoms with Gasteiger partial charge in [-0.15, -0.1) is 10.2 Å². The molecule has 104 valence electrons. The third kappa shape index (κ3) is 3.88. The fraction of sp³-hybridized carbons (Fsp3) is 0.500. The Hall–Kier alpha value is -1.70. The Morgan fingerprint density at radius 2 is 2.26 bits per heavy atom. The second kappa shape index (κ2) is 7.03. The van der Waals surface area contributed by atoms with Crippen LogP contribution in [0.1, 0.15) is 5.89 Å². The number of furan rings is 1. The Morgan fingerprint density at radius 1 is 1.37 bits per heavy atom. The van der Waals surface area contributed by atoms with Gasteiger partial charge in [-0.1, -0.05) is 0 Å². The zero-order chi connectivity index (χ0) is 13.5. The lowest BCUT2D eigenvalue weighted by molar-refractivity contribution is 0.121. The molecule has 0 radical (unpaired) electrons. The second-order valence-corrected chi connectivity index (χ2v) is 3.97. The highest BCUT2D eigenvalue weighted by molar-refractivity contribution is 5.42. The van der Waals surface area contributed by atoms with E-state index in [4.69, 9.17) is 18.7 Å². The van der Waals surface area contributed by atoms with E-state index in [1.807, 2.05) is 4.90 Å². The van der Waals surface area contributed by atoms with Crippen LogP contribution < -0.4 is 0 Å². The molecule has 0 saturated heterocycles. The highest BCUT2D eigenvalue weighted by Gasteiger charge is 2.13. The summed E-state index contributed by atoms with van der Waals surface area (Å²) in [5.74, 6) is 1.39. The number of hydrogen-bond donors (Lipinski definition) is 1. The first-order chi connectivity index (χ1) is 9.33. The molecule has 2 aromatic rings. The van der Waals surface area contributed by atoms with Crippen LogP contribution in [0.3, 0.4) is 0 Å². The molecule has 2 aromatic heterocycles. The fourth-order valence-corrected chi connectivity index (χ4v) is 1.64. The van der Waals surface area contributed by atoms with E-state index < -0.39 is 0 Å². The highest BCUT2D eigenvalue weighted by Crippen LogP contribution is 2.18. The molecule has 19 heavy (non-hydrogen) atoms. The summed E-state index contributed by atoms with van der Waals surface area (Å²) < 4.78 is 15.7. The zero-order valence-corrected chi connectivity index (χ0v) is 10.8. The van der Waals surface area contributed by atoms with Crippen molar-refractivity contribution in [2.75, 3.05) is 33.4 Å². The van der Waals surface area contributed by atoms with Crippen LogP contribution in [0.4, 0.5) is 0 Å². The number of aliphatic hydroxyl groups excluding tert-OH is 1. The third-order valence-corrected chi connectivity index (χ3v) is 2.59. The second-order valence-electron chi connectivity index (χ2n) is 3.97. The monoisotopic (exact) mass is 267 g/mol. The van der Waals surface area contributed by atoms with E-state index in [2.05, 4.69) is 10.2 Å². The summed E-state index contributed by atoms with van der Waals surface area (Å²) in [5, 5.41) is 16.9. The van der Waals surface area contributed by atoms with Gasteiger partial charge in [0.25, 0.3) is 5.89 Å². The average molecular weight is 267 g/mol. The van der Waals surface area contributed by atoms with Gasteiger partial charge in [0.2, 0.25) is 5.89 Å². The maximum absolute atomic E-state index is 9.01. The summed E-state index contributed by atoms with van der Waals surface area (Å²) in [4.78, 5) is 1.98. The molecule has 2 heterocycles. The van der Waals surface area contributed by atoms with E-state index in [9.17, 15) is 0 Å². The van der Waals surface area contributed by atoms with Crippen molar-refractivity contribution in [3.05, 3.63) is 24.3 Å². The van der Waals surface area contributed by atoms with Gasteiger partial charge in [-0.3, -0.25) is 4.90 Å². The maximum Gasteiger partial charge on any atom is 0.283 e. The zero-order valence-electron chi connectivity index (χ0n) is 10.8. The van der Waals surface area contributed by atoms with Gasteiger partial charge in [-0.05, 0) is 12.1 Å². The molecule has 0 bridgehead atoms. The number of ether oxygens (including phenoxy) is 1. The smallest absolute Gasteiger partial charge is 0.283 e. The SMILES string of the molecule is COCCN(CCO)Cc1nnc(-c2ccco2)o1. The number of aromatic nitrogens is 2. The topological polar surface area (TPSA) is 84.8 Å². The van der Waals surface area contributed by atoms with Gasteiger partial charge in [0.05, 0.1) is 26.0 Å². The summed E-state index contributed by atoms with van der Waals surface area (Å²) >= 11 is 0. The highest BCUT2D eigenvalue weighted by atomic mass is 16.5. The number of methoxy groups -OCH3 is 1. The first-order valence-corrected chi connectivity index (χ1v) is 6.02. The van der Waals surface area contributed by atoms with Crippen LogP contribution in [-0.4, -0.2) is 53.6 Å². The Morgan fingerprint density at radius 3 is 2.95 bits per heavy atom. The van der Waals surface area contributed by atoms with Crippen molar-refractivity contribution in [3.8, 4) is 11.7 Å². The van der Waals surface area contributed by atoms with Gasteiger partial charge in [0.15, 0.2) is 5.76 Å². The van der Waals surface area contributed by atoms with E-state index in [0.717, 1.165) is 0 Å². The van der Waals surface area contributed by atoms with Crippen molar-refractivity contribution in [1.82, 2.24) is 15.1 Å². The Bertz CT molecular complexity index is 469. The molecular formula is C12H17N3O4. The summed E-state index contributed by atoms with van der Waals surface area (Å²) in [6.45, 7) is 2.34. The molecule has 7 nitrogen and oxygen atoms in total. The fourth-order valence-electron chi connectivity index (χ4n) is 1.64. The Kier molecular flexibility index (Phi) is 5.08. The minimum Gasteiger partial charge on any atom is -0.459 e. The Balaban J connectivity index is 1.97. The predicted molar refractivity (Wildman–Crippen MR) is 66.2 cm³/mol. The van der Waals surface area contributed by atoms with Crippen molar-refractivity contribution >= 4 is 0 Å². The van der Waals surface area contributed by atoms with Crippen LogP contribution >= 0.6 is 0 Å². The van der Waals surface area contributed by atoms with Crippen LogP contribution in [0.25, 0.3) is 11.7 Å². The van der Waals surface area contributed by atoms with Crippen LogP contribution in [0.15, 0.2) is 27.2 Å². The standard InChI is InChI=1S/C12H17N3O4/c1-17-8-5-15(4-6-16)9-11-13-14-12(19-11)10-3-2-7-18-10/h2-3,7,16H,4-6,8-9H2,1H3. The van der Waals surface area contributed by atoms with Gasteiger partial charge < -0.3 is 18.7 Å². The van der Waals surface area contributed by atoms with Crippen molar-refractivity contribution in [2.24, 2.45) is 0 Å². The quantitative estimate of drug-likeness (QED) is 0.756. The number of hydrogen-bond acceptors (Lipinski definition) is 7. The van der Waals surface area contributed by atoms with E-state index in [-0.39, 0.29) is 6.61 Å². The summed E-state index contributed by atoms with van der Waals surface area (Å²) in [7, 11) is 1.64. The number of aliphatic hydroxyl groups is 1. The molecule has 0 aliphatic carbocycles. The molecule has 0 saturated carbocycles. The van der Waals surface area contributed by atoms with Gasteiger partial charge >= 0.3 is 0 Å². The minimum absolute atomic E-state index is 0.0723.